The van der Waals surface area contributed by atoms with Crippen LogP contribution >= 0.6 is 0 Å². The lowest BCUT2D eigenvalue weighted by molar-refractivity contribution is 0.137. The number of hydrogen-bond acceptors (Lipinski definition) is 5. The van der Waals surface area contributed by atoms with Crippen LogP contribution in [0.5, 0.6) is 0 Å². The van der Waals surface area contributed by atoms with Crippen LogP contribution in [0.4, 0.5) is 11.8 Å². The van der Waals surface area contributed by atoms with Crippen molar-refractivity contribution >= 4 is 11.8 Å². The molecule has 0 amide bonds. The van der Waals surface area contributed by atoms with Gasteiger partial charge in [-0.2, -0.15) is 4.98 Å². The average molecular weight is 337 g/mol. The monoisotopic (exact) mass is 337 g/mol. The first-order valence-electron chi connectivity index (χ1n) is 9.18. The Kier molecular flexibility index (Phi) is 4.12. The summed E-state index contributed by atoms with van der Waals surface area (Å²) in [5, 5.41) is 0. The average Bonchev–Trinajstić information content (AvgIpc) is 2.92. The topological polar surface area (TPSA) is 58.3 Å². The number of aromatic nitrogens is 2. The quantitative estimate of drug-likeness (QED) is 0.913. The Morgan fingerprint density at radius 1 is 1.12 bits per heavy atom. The largest absolute Gasteiger partial charge is 0.368 e. The number of anilines is 2. The number of nitrogen functional groups attached to an aromatic ring is 1. The van der Waals surface area contributed by atoms with Crippen molar-refractivity contribution in [2.45, 2.75) is 37.6 Å². The lowest BCUT2D eigenvalue weighted by Gasteiger charge is -2.44. The Hall–Kier alpha value is -2.14. The molecule has 0 aliphatic carbocycles. The van der Waals surface area contributed by atoms with Crippen molar-refractivity contribution in [3.63, 3.8) is 0 Å². The molecule has 2 aliphatic heterocycles. The molecule has 0 unspecified atom stereocenters. The summed E-state index contributed by atoms with van der Waals surface area (Å²) in [4.78, 5) is 13.6. The van der Waals surface area contributed by atoms with E-state index in [1.807, 2.05) is 13.0 Å². The number of likely N-dealkylation sites (N-methyl/N-ethyl adjacent to an activating group) is 1. The van der Waals surface area contributed by atoms with E-state index in [-0.39, 0.29) is 0 Å². The maximum atomic E-state index is 5.83. The maximum Gasteiger partial charge on any atom is 0.222 e. The second-order valence-electron chi connectivity index (χ2n) is 7.63. The Morgan fingerprint density at radius 2 is 1.84 bits per heavy atom. The van der Waals surface area contributed by atoms with Crippen LogP contribution in [-0.2, 0) is 0 Å². The number of rotatable bonds is 2. The molecular formula is C20H27N5. The molecule has 5 heteroatoms. The van der Waals surface area contributed by atoms with Crippen LogP contribution in [0.1, 0.15) is 36.4 Å². The molecule has 4 rings (SSSR count). The molecule has 1 aromatic heterocycles. The molecule has 5 nitrogen and oxygen atoms in total. The summed E-state index contributed by atoms with van der Waals surface area (Å²) in [6, 6.07) is 13.0. The molecule has 1 spiro atoms. The van der Waals surface area contributed by atoms with Gasteiger partial charge in [0.05, 0.1) is 0 Å². The Balaban J connectivity index is 1.47. The van der Waals surface area contributed by atoms with Gasteiger partial charge in [-0.3, -0.25) is 4.90 Å². The Bertz CT molecular complexity index is 717. The fourth-order valence-corrected chi connectivity index (χ4v) is 4.63. The summed E-state index contributed by atoms with van der Waals surface area (Å²) in [6.07, 6.45) is 3.61. The van der Waals surface area contributed by atoms with Crippen molar-refractivity contribution in [1.29, 1.82) is 0 Å². The normalized spacial score (nSPS) is 23.3. The Labute approximate surface area is 149 Å². The maximum absolute atomic E-state index is 5.83. The fraction of sp³-hybridized carbons (Fsp3) is 0.500. The van der Waals surface area contributed by atoms with Crippen LogP contribution in [0.3, 0.4) is 0 Å². The molecular weight excluding hydrogens is 310 g/mol. The highest BCUT2D eigenvalue weighted by atomic mass is 15.3. The van der Waals surface area contributed by atoms with E-state index in [9.17, 15) is 0 Å². The summed E-state index contributed by atoms with van der Waals surface area (Å²) >= 11 is 0. The summed E-state index contributed by atoms with van der Waals surface area (Å²) < 4.78 is 0. The molecule has 0 bridgehead atoms. The number of nitrogens with zero attached hydrogens (tertiary/aromatic N) is 4. The second-order valence-corrected chi connectivity index (χ2v) is 7.63. The summed E-state index contributed by atoms with van der Waals surface area (Å²) in [7, 11) is 2.30. The minimum Gasteiger partial charge on any atom is -0.368 e. The van der Waals surface area contributed by atoms with Crippen LogP contribution in [0, 0.1) is 6.92 Å². The van der Waals surface area contributed by atoms with Gasteiger partial charge in [0.15, 0.2) is 0 Å². The van der Waals surface area contributed by atoms with Gasteiger partial charge in [-0.1, -0.05) is 30.3 Å². The molecule has 1 aromatic carbocycles. The van der Waals surface area contributed by atoms with Crippen molar-refractivity contribution in [3.05, 3.63) is 47.7 Å². The first-order valence-corrected chi connectivity index (χ1v) is 9.18. The minimum absolute atomic E-state index is 0.324. The van der Waals surface area contributed by atoms with E-state index in [0.29, 0.717) is 17.4 Å². The second kappa shape index (κ2) is 6.30. The summed E-state index contributed by atoms with van der Waals surface area (Å²) in [6.45, 7) is 5.19. The van der Waals surface area contributed by atoms with Crippen molar-refractivity contribution in [3.8, 4) is 0 Å². The Morgan fingerprint density at radius 3 is 2.52 bits per heavy atom. The van der Waals surface area contributed by atoms with Gasteiger partial charge in [0.25, 0.3) is 0 Å². The van der Waals surface area contributed by atoms with Gasteiger partial charge in [-0.05, 0) is 44.7 Å². The van der Waals surface area contributed by atoms with Gasteiger partial charge in [0.2, 0.25) is 5.95 Å². The van der Waals surface area contributed by atoms with E-state index in [2.05, 4.69) is 57.1 Å². The predicted molar refractivity (Wildman–Crippen MR) is 102 cm³/mol. The van der Waals surface area contributed by atoms with Crippen LogP contribution in [0.25, 0.3) is 0 Å². The molecule has 25 heavy (non-hydrogen) atoms. The number of hydrogen-bond donors (Lipinski definition) is 1. The smallest absolute Gasteiger partial charge is 0.222 e. The minimum atomic E-state index is 0.324. The van der Waals surface area contributed by atoms with Crippen molar-refractivity contribution in [2.75, 3.05) is 37.3 Å². The molecule has 2 fully saturated rings. The van der Waals surface area contributed by atoms with Crippen molar-refractivity contribution in [1.82, 2.24) is 14.9 Å². The third-order valence-corrected chi connectivity index (χ3v) is 6.08. The van der Waals surface area contributed by atoms with Gasteiger partial charge in [0, 0.05) is 36.9 Å². The fourth-order valence-electron chi connectivity index (χ4n) is 4.63. The predicted octanol–water partition coefficient (Wildman–Crippen LogP) is 2.83. The lowest BCUT2D eigenvalue weighted by atomic mass is 9.81. The third kappa shape index (κ3) is 3.09. The third-order valence-electron chi connectivity index (χ3n) is 6.08. The first kappa shape index (κ1) is 16.3. The molecule has 3 heterocycles. The highest BCUT2D eigenvalue weighted by molar-refractivity contribution is 5.44. The van der Waals surface area contributed by atoms with Crippen LogP contribution in [0.2, 0.25) is 0 Å². The lowest BCUT2D eigenvalue weighted by Crippen LogP contribution is -2.50. The van der Waals surface area contributed by atoms with Gasteiger partial charge in [-0.25, -0.2) is 4.98 Å². The highest BCUT2D eigenvalue weighted by Gasteiger charge is 2.45. The standard InChI is InChI=1S/C20H27N5/c1-15-12-18(23-19(21)22-15)25-10-8-20(9-11-25)13-17(14-24(20)2)16-6-4-3-5-7-16/h3-7,12,17H,8-11,13-14H2,1-2H3,(H2,21,22,23)/t17-/m0/s1. The van der Waals surface area contributed by atoms with Crippen molar-refractivity contribution in [2.24, 2.45) is 0 Å². The SMILES string of the molecule is Cc1cc(N2CCC3(CC2)C[C@H](c2ccccc2)CN3C)nc(N)n1. The number of piperidine rings is 1. The zero-order valence-electron chi connectivity index (χ0n) is 15.2. The van der Waals surface area contributed by atoms with E-state index in [1.54, 1.807) is 0 Å². The molecule has 2 aromatic rings. The van der Waals surface area contributed by atoms with Gasteiger partial charge < -0.3 is 10.6 Å². The van der Waals surface area contributed by atoms with Gasteiger partial charge >= 0.3 is 0 Å². The van der Waals surface area contributed by atoms with E-state index < -0.39 is 0 Å². The molecule has 2 N–H and O–H groups in total. The zero-order chi connectivity index (χ0) is 17.4. The highest BCUT2D eigenvalue weighted by Crippen LogP contribution is 2.44. The number of benzene rings is 1. The molecule has 2 saturated heterocycles. The number of aryl methyl sites for hydroxylation is 1. The van der Waals surface area contributed by atoms with Crippen molar-refractivity contribution < 1.29 is 0 Å². The first-order chi connectivity index (χ1) is 12.1. The molecule has 0 radical (unpaired) electrons. The van der Waals surface area contributed by atoms with Gasteiger partial charge in [-0.15, -0.1) is 0 Å². The molecule has 1 atom stereocenters. The van der Waals surface area contributed by atoms with E-state index >= 15 is 0 Å². The molecule has 2 aliphatic rings. The van der Waals surface area contributed by atoms with E-state index in [0.717, 1.165) is 31.1 Å². The zero-order valence-corrected chi connectivity index (χ0v) is 15.2. The van der Waals surface area contributed by atoms with Crippen LogP contribution in [0.15, 0.2) is 36.4 Å². The summed E-state index contributed by atoms with van der Waals surface area (Å²) in [5.41, 5.74) is 8.57. The van der Waals surface area contributed by atoms with E-state index in [1.165, 1.54) is 24.8 Å². The molecule has 0 saturated carbocycles. The summed E-state index contributed by atoms with van der Waals surface area (Å²) in [5.74, 6) is 1.99. The van der Waals surface area contributed by atoms with Crippen LogP contribution < -0.4 is 10.6 Å². The van der Waals surface area contributed by atoms with E-state index in [4.69, 9.17) is 5.73 Å². The van der Waals surface area contributed by atoms with Gasteiger partial charge in [0.1, 0.15) is 5.82 Å². The number of likely N-dealkylation sites (tertiary alicyclic amines) is 1. The molecule has 132 valence electrons. The van der Waals surface area contributed by atoms with Crippen LogP contribution in [-0.4, -0.2) is 47.1 Å². The number of nitrogens with two attached hydrogens (primary N) is 1.